The van der Waals surface area contributed by atoms with Crippen molar-refractivity contribution in [1.82, 2.24) is 4.31 Å². The third-order valence-corrected chi connectivity index (χ3v) is 6.92. The van der Waals surface area contributed by atoms with Crippen molar-refractivity contribution in [3.05, 3.63) is 53.1 Å². The van der Waals surface area contributed by atoms with Gasteiger partial charge in [-0.1, -0.05) is 17.7 Å². The number of morpholine rings is 1. The second-order valence-electron chi connectivity index (χ2n) is 6.64. The molecule has 1 aliphatic rings. The van der Waals surface area contributed by atoms with Crippen molar-refractivity contribution in [2.45, 2.75) is 4.90 Å². The largest absolute Gasteiger partial charge is 0.465 e. The summed E-state index contributed by atoms with van der Waals surface area (Å²) in [7, 11) is -2.52. The highest BCUT2D eigenvalue weighted by Crippen LogP contribution is 2.28. The van der Waals surface area contributed by atoms with Gasteiger partial charge in [-0.15, -0.1) is 0 Å². The van der Waals surface area contributed by atoms with E-state index in [1.807, 2.05) is 0 Å². The first-order chi connectivity index (χ1) is 14.8. The van der Waals surface area contributed by atoms with Gasteiger partial charge < -0.3 is 20.1 Å². The van der Waals surface area contributed by atoms with Gasteiger partial charge in [0.25, 0.3) is 0 Å². The predicted octanol–water partition coefficient (Wildman–Crippen LogP) is 2.20. The minimum Gasteiger partial charge on any atom is -0.465 e. The molecular formula is C20H22ClN3O6S. The van der Waals surface area contributed by atoms with E-state index in [1.165, 1.54) is 29.6 Å². The standard InChI is InChI=1S/C20H22ClN3O6S/c1-29-20(26)14-3-2-4-15(11-14)22-13-19(25)23-16-5-6-17(21)18(12-16)31(27,28)24-7-9-30-10-8-24/h2-6,11-12,22H,7-10,13H2,1H3,(H,23,25). The summed E-state index contributed by atoms with van der Waals surface area (Å²) in [5, 5.41) is 5.62. The lowest BCUT2D eigenvalue weighted by atomic mass is 10.2. The molecule has 2 aromatic rings. The Morgan fingerprint density at radius 2 is 1.87 bits per heavy atom. The van der Waals surface area contributed by atoms with Crippen LogP contribution in [-0.2, 0) is 24.3 Å². The number of nitrogens with zero attached hydrogens (tertiary/aromatic N) is 1. The molecule has 1 amide bonds. The van der Waals surface area contributed by atoms with E-state index in [2.05, 4.69) is 15.4 Å². The van der Waals surface area contributed by atoms with Gasteiger partial charge in [-0.05, 0) is 36.4 Å². The molecule has 0 bridgehead atoms. The second-order valence-corrected chi connectivity index (χ2v) is 8.95. The highest BCUT2D eigenvalue weighted by Gasteiger charge is 2.28. The normalized spacial score (nSPS) is 14.6. The number of carbonyl (C=O) groups excluding carboxylic acids is 2. The first-order valence-corrected chi connectivity index (χ1v) is 11.2. The molecule has 0 unspecified atom stereocenters. The lowest BCUT2D eigenvalue weighted by molar-refractivity contribution is -0.114. The zero-order valence-corrected chi connectivity index (χ0v) is 18.3. The highest BCUT2D eigenvalue weighted by atomic mass is 35.5. The Morgan fingerprint density at radius 1 is 1.13 bits per heavy atom. The number of anilines is 2. The Hall–Kier alpha value is -2.66. The number of nitrogens with one attached hydrogen (secondary N) is 2. The van der Waals surface area contributed by atoms with E-state index >= 15 is 0 Å². The topological polar surface area (TPSA) is 114 Å². The number of halogens is 1. The number of amides is 1. The van der Waals surface area contributed by atoms with E-state index in [0.717, 1.165) is 0 Å². The summed E-state index contributed by atoms with van der Waals surface area (Å²) >= 11 is 6.13. The van der Waals surface area contributed by atoms with Crippen molar-refractivity contribution in [2.24, 2.45) is 0 Å². The van der Waals surface area contributed by atoms with Crippen LogP contribution < -0.4 is 10.6 Å². The van der Waals surface area contributed by atoms with E-state index in [4.69, 9.17) is 16.3 Å². The molecule has 1 fully saturated rings. The third-order valence-electron chi connectivity index (χ3n) is 4.54. The number of benzene rings is 2. The van der Waals surface area contributed by atoms with Crippen LogP contribution in [0.5, 0.6) is 0 Å². The highest BCUT2D eigenvalue weighted by molar-refractivity contribution is 7.89. The van der Waals surface area contributed by atoms with Crippen LogP contribution in [0.3, 0.4) is 0 Å². The van der Waals surface area contributed by atoms with Crippen LogP contribution in [0.4, 0.5) is 11.4 Å². The minimum atomic E-state index is -3.81. The number of rotatable bonds is 7. The zero-order valence-electron chi connectivity index (χ0n) is 16.8. The zero-order chi connectivity index (χ0) is 22.4. The van der Waals surface area contributed by atoms with Crippen molar-refractivity contribution in [2.75, 3.05) is 50.6 Å². The molecule has 31 heavy (non-hydrogen) atoms. The predicted molar refractivity (Wildman–Crippen MR) is 116 cm³/mol. The molecule has 2 aromatic carbocycles. The molecule has 9 nitrogen and oxygen atoms in total. The summed E-state index contributed by atoms with van der Waals surface area (Å²) in [5.41, 5.74) is 1.21. The summed E-state index contributed by atoms with van der Waals surface area (Å²) in [6, 6.07) is 10.8. The van der Waals surface area contributed by atoms with Crippen molar-refractivity contribution in [1.29, 1.82) is 0 Å². The average Bonchev–Trinajstić information content (AvgIpc) is 2.79. The summed E-state index contributed by atoms with van der Waals surface area (Å²) in [4.78, 5) is 23.9. The average molecular weight is 468 g/mol. The van der Waals surface area contributed by atoms with E-state index in [9.17, 15) is 18.0 Å². The number of hydrogen-bond donors (Lipinski definition) is 2. The molecule has 0 atom stereocenters. The number of methoxy groups -OCH3 is 1. The van der Waals surface area contributed by atoms with Crippen LogP contribution in [0.1, 0.15) is 10.4 Å². The fourth-order valence-corrected chi connectivity index (χ4v) is 4.87. The lowest BCUT2D eigenvalue weighted by Crippen LogP contribution is -2.40. The smallest absolute Gasteiger partial charge is 0.337 e. The lowest BCUT2D eigenvalue weighted by Gasteiger charge is -2.26. The van der Waals surface area contributed by atoms with Crippen LogP contribution in [0, 0.1) is 0 Å². The van der Waals surface area contributed by atoms with Gasteiger partial charge in [0.2, 0.25) is 15.9 Å². The van der Waals surface area contributed by atoms with Gasteiger partial charge in [0, 0.05) is 24.5 Å². The third kappa shape index (κ3) is 5.73. The van der Waals surface area contributed by atoms with E-state index < -0.39 is 21.9 Å². The van der Waals surface area contributed by atoms with Gasteiger partial charge in [0.15, 0.2) is 0 Å². The first kappa shape index (κ1) is 23.0. The maximum Gasteiger partial charge on any atom is 0.337 e. The molecule has 1 saturated heterocycles. The number of sulfonamides is 1. The molecule has 0 aliphatic carbocycles. The molecule has 0 spiro atoms. The quantitative estimate of drug-likeness (QED) is 0.600. The Morgan fingerprint density at radius 3 is 2.58 bits per heavy atom. The first-order valence-electron chi connectivity index (χ1n) is 9.41. The molecule has 11 heteroatoms. The van der Waals surface area contributed by atoms with Gasteiger partial charge >= 0.3 is 5.97 Å². The van der Waals surface area contributed by atoms with Crippen LogP contribution in [0.25, 0.3) is 0 Å². The molecule has 2 N–H and O–H groups in total. The molecule has 0 radical (unpaired) electrons. The number of carbonyl (C=O) groups is 2. The fraction of sp³-hybridized carbons (Fsp3) is 0.300. The van der Waals surface area contributed by atoms with Gasteiger partial charge in [0.1, 0.15) is 4.90 Å². The Bertz CT molecular complexity index is 1070. The van der Waals surface area contributed by atoms with Crippen molar-refractivity contribution < 1.29 is 27.5 Å². The SMILES string of the molecule is COC(=O)c1cccc(NCC(=O)Nc2ccc(Cl)c(S(=O)(=O)N3CCOCC3)c2)c1. The van der Waals surface area contributed by atoms with Crippen LogP contribution in [0.2, 0.25) is 5.02 Å². The molecule has 1 aliphatic heterocycles. The number of hydrogen-bond acceptors (Lipinski definition) is 7. The Balaban J connectivity index is 1.67. The minimum absolute atomic E-state index is 0.0715. The molecule has 0 saturated carbocycles. The van der Waals surface area contributed by atoms with Crippen molar-refractivity contribution in [3.8, 4) is 0 Å². The summed E-state index contributed by atoms with van der Waals surface area (Å²) in [6.45, 7) is 1.01. The maximum absolute atomic E-state index is 12.9. The van der Waals surface area contributed by atoms with Crippen LogP contribution in [-0.4, -0.2) is 64.6 Å². The van der Waals surface area contributed by atoms with Gasteiger partial charge in [-0.2, -0.15) is 4.31 Å². The Labute approximate surface area is 185 Å². The Kier molecular flexibility index (Phi) is 7.50. The summed E-state index contributed by atoms with van der Waals surface area (Å²) in [6.07, 6.45) is 0. The van der Waals surface area contributed by atoms with E-state index in [1.54, 1.807) is 24.3 Å². The maximum atomic E-state index is 12.9. The molecule has 166 valence electrons. The molecule has 1 heterocycles. The van der Waals surface area contributed by atoms with Gasteiger partial charge in [0.05, 0.1) is 37.5 Å². The van der Waals surface area contributed by atoms with Crippen molar-refractivity contribution in [3.63, 3.8) is 0 Å². The summed E-state index contributed by atoms with van der Waals surface area (Å²) in [5.74, 6) is -0.885. The van der Waals surface area contributed by atoms with Gasteiger partial charge in [-0.3, -0.25) is 4.79 Å². The second kappa shape index (κ2) is 10.1. The number of esters is 1. The van der Waals surface area contributed by atoms with Crippen LogP contribution in [0.15, 0.2) is 47.4 Å². The molecular weight excluding hydrogens is 446 g/mol. The van der Waals surface area contributed by atoms with E-state index in [0.29, 0.717) is 30.2 Å². The monoisotopic (exact) mass is 467 g/mol. The molecule has 3 rings (SSSR count). The summed E-state index contributed by atoms with van der Waals surface area (Å²) < 4.78 is 37.0. The number of ether oxygens (including phenoxy) is 2. The molecule has 0 aromatic heterocycles. The van der Waals surface area contributed by atoms with Crippen LogP contribution >= 0.6 is 11.6 Å². The van der Waals surface area contributed by atoms with E-state index in [-0.39, 0.29) is 29.6 Å². The fourth-order valence-electron chi connectivity index (χ4n) is 2.97. The van der Waals surface area contributed by atoms with Crippen molar-refractivity contribution >= 4 is 44.9 Å². The van der Waals surface area contributed by atoms with Gasteiger partial charge in [-0.25, -0.2) is 13.2 Å².